The van der Waals surface area contributed by atoms with Gasteiger partial charge in [0.15, 0.2) is 0 Å². The number of hydrogen-bond donors (Lipinski definition) is 1. The Bertz CT molecular complexity index is 1120. The van der Waals surface area contributed by atoms with Crippen molar-refractivity contribution in [3.05, 3.63) is 75.6 Å². The standard InChI is InChI=1S/C19H13FN2O3/c20-14-3-1-2-11(9-14)8-12-6-7-22-17(12)21-16-10-13(19(24)25)4-5-15(16)18(22)23/h1-5,8-10H,6-7H2,(H,24,25)/b12-8+. The number of allylic oxidation sites excluding steroid dienone is 1. The number of carboxylic acid groups (broad SMARTS) is 1. The zero-order chi connectivity index (χ0) is 17.6. The number of fused-ring (bicyclic) bond motifs is 2. The number of nitrogens with zero attached hydrogens (tertiary/aromatic N) is 2. The van der Waals surface area contributed by atoms with E-state index in [1.165, 1.54) is 30.3 Å². The molecule has 2 aromatic carbocycles. The van der Waals surface area contributed by atoms with Crippen LogP contribution in [0.2, 0.25) is 0 Å². The van der Waals surface area contributed by atoms with Gasteiger partial charge in [0, 0.05) is 6.54 Å². The highest BCUT2D eigenvalue weighted by atomic mass is 19.1. The molecule has 0 spiro atoms. The van der Waals surface area contributed by atoms with E-state index >= 15 is 0 Å². The zero-order valence-corrected chi connectivity index (χ0v) is 13.1. The van der Waals surface area contributed by atoms with E-state index in [9.17, 15) is 14.0 Å². The van der Waals surface area contributed by atoms with E-state index in [1.54, 1.807) is 22.8 Å². The fourth-order valence-corrected chi connectivity index (χ4v) is 3.08. The van der Waals surface area contributed by atoms with Crippen LogP contribution in [0.3, 0.4) is 0 Å². The lowest BCUT2D eigenvalue weighted by molar-refractivity contribution is 0.0697. The van der Waals surface area contributed by atoms with Crippen LogP contribution in [0.4, 0.5) is 4.39 Å². The molecule has 0 saturated carbocycles. The average Bonchev–Trinajstić information content (AvgIpc) is 2.97. The van der Waals surface area contributed by atoms with Crippen LogP contribution in [0.1, 0.15) is 28.2 Å². The molecule has 0 bridgehead atoms. The van der Waals surface area contributed by atoms with Crippen molar-refractivity contribution in [1.82, 2.24) is 9.55 Å². The van der Waals surface area contributed by atoms with Gasteiger partial charge in [-0.2, -0.15) is 0 Å². The third-order valence-electron chi connectivity index (χ3n) is 4.28. The number of halogens is 1. The predicted octanol–water partition coefficient (Wildman–Crippen LogP) is 3.18. The molecule has 0 atom stereocenters. The summed E-state index contributed by atoms with van der Waals surface area (Å²) in [6.07, 6.45) is 2.42. The molecular weight excluding hydrogens is 323 g/mol. The molecule has 1 aliphatic rings. The number of rotatable bonds is 2. The first-order valence-electron chi connectivity index (χ1n) is 7.77. The second-order valence-corrected chi connectivity index (χ2v) is 5.90. The summed E-state index contributed by atoms with van der Waals surface area (Å²) in [7, 11) is 0. The quantitative estimate of drug-likeness (QED) is 0.780. The van der Waals surface area contributed by atoms with Gasteiger partial charge in [-0.3, -0.25) is 9.36 Å². The molecule has 1 N–H and O–H groups in total. The smallest absolute Gasteiger partial charge is 0.335 e. The van der Waals surface area contributed by atoms with Gasteiger partial charge in [0.2, 0.25) is 0 Å². The maximum Gasteiger partial charge on any atom is 0.335 e. The summed E-state index contributed by atoms with van der Waals surface area (Å²) in [5.74, 6) is -0.897. The minimum Gasteiger partial charge on any atom is -0.478 e. The molecule has 6 heteroatoms. The van der Waals surface area contributed by atoms with Crippen molar-refractivity contribution in [1.29, 1.82) is 0 Å². The predicted molar refractivity (Wildman–Crippen MR) is 91.9 cm³/mol. The van der Waals surface area contributed by atoms with Crippen molar-refractivity contribution in [2.75, 3.05) is 0 Å². The van der Waals surface area contributed by atoms with Crippen LogP contribution in [0, 0.1) is 5.82 Å². The van der Waals surface area contributed by atoms with Crippen LogP contribution in [0.15, 0.2) is 47.3 Å². The van der Waals surface area contributed by atoms with Gasteiger partial charge in [0.25, 0.3) is 5.56 Å². The van der Waals surface area contributed by atoms with Crippen LogP contribution < -0.4 is 5.56 Å². The van der Waals surface area contributed by atoms with E-state index in [-0.39, 0.29) is 16.9 Å². The molecule has 0 unspecified atom stereocenters. The summed E-state index contributed by atoms with van der Waals surface area (Å²) in [6.45, 7) is 0.499. The van der Waals surface area contributed by atoms with E-state index in [1.807, 2.05) is 0 Å². The van der Waals surface area contributed by atoms with Gasteiger partial charge in [0.05, 0.1) is 16.5 Å². The van der Waals surface area contributed by atoms with Gasteiger partial charge >= 0.3 is 5.97 Å². The van der Waals surface area contributed by atoms with Gasteiger partial charge in [-0.05, 0) is 54.0 Å². The average molecular weight is 336 g/mol. The van der Waals surface area contributed by atoms with E-state index < -0.39 is 5.97 Å². The molecule has 1 aromatic heterocycles. The number of benzene rings is 2. The molecule has 5 nitrogen and oxygen atoms in total. The summed E-state index contributed by atoms with van der Waals surface area (Å²) in [5.41, 5.74) is 1.75. The van der Waals surface area contributed by atoms with Crippen LogP contribution in [-0.2, 0) is 6.54 Å². The first-order chi connectivity index (χ1) is 12.0. The Morgan fingerprint density at radius 1 is 1.24 bits per heavy atom. The highest BCUT2D eigenvalue weighted by molar-refractivity contribution is 5.93. The van der Waals surface area contributed by atoms with Gasteiger partial charge in [-0.15, -0.1) is 0 Å². The largest absolute Gasteiger partial charge is 0.478 e. The lowest BCUT2D eigenvalue weighted by Gasteiger charge is -2.06. The summed E-state index contributed by atoms with van der Waals surface area (Å²) in [5, 5.41) is 9.51. The highest BCUT2D eigenvalue weighted by Gasteiger charge is 2.21. The third-order valence-corrected chi connectivity index (χ3v) is 4.28. The Morgan fingerprint density at radius 2 is 2.08 bits per heavy atom. The zero-order valence-electron chi connectivity index (χ0n) is 13.1. The van der Waals surface area contributed by atoms with Crippen LogP contribution in [0.25, 0.3) is 22.6 Å². The molecule has 4 rings (SSSR count). The fraction of sp³-hybridized carbons (Fsp3) is 0.105. The van der Waals surface area contributed by atoms with Gasteiger partial charge in [-0.1, -0.05) is 12.1 Å². The first kappa shape index (κ1) is 15.3. The SMILES string of the molecule is O=C(O)c1ccc2c(=O)n3c(nc2c1)/C(=C/c1cccc(F)c1)CC3. The maximum atomic E-state index is 13.4. The lowest BCUT2D eigenvalue weighted by Crippen LogP contribution is -2.21. The first-order valence-corrected chi connectivity index (χ1v) is 7.77. The molecule has 0 radical (unpaired) electrons. The van der Waals surface area contributed by atoms with E-state index in [0.29, 0.717) is 35.3 Å². The third kappa shape index (κ3) is 2.61. The molecule has 25 heavy (non-hydrogen) atoms. The Kier molecular flexibility index (Phi) is 3.46. The summed E-state index contributed by atoms with van der Waals surface area (Å²) in [6, 6.07) is 10.5. The Labute approximate surface area is 141 Å². The van der Waals surface area contributed by atoms with E-state index in [4.69, 9.17) is 5.11 Å². The molecule has 3 aromatic rings. The summed E-state index contributed by atoms with van der Waals surface area (Å²) < 4.78 is 15.0. The molecule has 2 heterocycles. The topological polar surface area (TPSA) is 72.2 Å². The van der Waals surface area contributed by atoms with Crippen molar-refractivity contribution in [2.24, 2.45) is 0 Å². The molecule has 0 fully saturated rings. The minimum absolute atomic E-state index is 0.0815. The molecule has 0 aliphatic carbocycles. The van der Waals surface area contributed by atoms with Crippen molar-refractivity contribution in [2.45, 2.75) is 13.0 Å². The highest BCUT2D eigenvalue weighted by Crippen LogP contribution is 2.27. The van der Waals surface area contributed by atoms with E-state index in [0.717, 1.165) is 5.57 Å². The van der Waals surface area contributed by atoms with Crippen LogP contribution >= 0.6 is 0 Å². The molecule has 124 valence electrons. The number of hydrogen-bond acceptors (Lipinski definition) is 3. The second kappa shape index (κ2) is 5.66. The maximum absolute atomic E-state index is 13.4. The Hall–Kier alpha value is -3.28. The Morgan fingerprint density at radius 3 is 2.84 bits per heavy atom. The fourth-order valence-electron chi connectivity index (χ4n) is 3.08. The van der Waals surface area contributed by atoms with Crippen molar-refractivity contribution in [3.8, 4) is 0 Å². The van der Waals surface area contributed by atoms with Crippen molar-refractivity contribution in [3.63, 3.8) is 0 Å². The molecule has 0 amide bonds. The minimum atomic E-state index is -1.07. The van der Waals surface area contributed by atoms with Crippen molar-refractivity contribution >= 4 is 28.5 Å². The molecule has 1 aliphatic heterocycles. The number of carbonyl (C=O) groups is 1. The van der Waals surface area contributed by atoms with Gasteiger partial charge < -0.3 is 5.11 Å². The molecule has 0 saturated heterocycles. The number of aromatic nitrogens is 2. The number of aromatic carboxylic acids is 1. The summed E-state index contributed by atoms with van der Waals surface area (Å²) >= 11 is 0. The summed E-state index contributed by atoms with van der Waals surface area (Å²) in [4.78, 5) is 28.3. The van der Waals surface area contributed by atoms with Crippen LogP contribution in [0.5, 0.6) is 0 Å². The normalized spacial score (nSPS) is 14.8. The van der Waals surface area contributed by atoms with E-state index in [2.05, 4.69) is 4.98 Å². The number of carboxylic acids is 1. The van der Waals surface area contributed by atoms with Gasteiger partial charge in [-0.25, -0.2) is 14.2 Å². The monoisotopic (exact) mass is 336 g/mol. The van der Waals surface area contributed by atoms with Crippen LogP contribution in [-0.4, -0.2) is 20.6 Å². The van der Waals surface area contributed by atoms with Gasteiger partial charge in [0.1, 0.15) is 11.6 Å². The lowest BCUT2D eigenvalue weighted by atomic mass is 10.1. The second-order valence-electron chi connectivity index (χ2n) is 5.90. The van der Waals surface area contributed by atoms with Crippen molar-refractivity contribution < 1.29 is 14.3 Å². The Balaban J connectivity index is 1.90. The molecular formula is C19H13FN2O3.